The standard InChI is InChI=1S/C8H12N2O/c11-7-9-6-4-8-3-1-2-5-10-8/h4,6,8,10H,1-3,5H2/b6-4-. The van der Waals surface area contributed by atoms with Gasteiger partial charge in [0.05, 0.1) is 0 Å². The molecule has 1 saturated heterocycles. The summed E-state index contributed by atoms with van der Waals surface area (Å²) < 4.78 is 0. The molecule has 1 fully saturated rings. The Balaban J connectivity index is 2.28. The van der Waals surface area contributed by atoms with Crippen molar-refractivity contribution in [2.45, 2.75) is 25.3 Å². The first kappa shape index (κ1) is 8.18. The van der Waals surface area contributed by atoms with Gasteiger partial charge in [-0.3, -0.25) is 0 Å². The van der Waals surface area contributed by atoms with Crippen molar-refractivity contribution in [3.8, 4) is 0 Å². The third kappa shape index (κ3) is 3.12. The predicted octanol–water partition coefficient (Wildman–Crippen LogP) is 0.978. The molecule has 1 heterocycles. The molecule has 0 aromatic rings. The molecule has 0 saturated carbocycles. The lowest BCUT2D eigenvalue weighted by molar-refractivity contribution is 0.454. The van der Waals surface area contributed by atoms with Gasteiger partial charge in [-0.15, -0.1) is 0 Å². The topological polar surface area (TPSA) is 41.5 Å². The first-order valence-electron chi connectivity index (χ1n) is 3.90. The highest BCUT2D eigenvalue weighted by Gasteiger charge is 2.07. The summed E-state index contributed by atoms with van der Waals surface area (Å²) in [5.74, 6) is 0. The van der Waals surface area contributed by atoms with Crippen LogP contribution in [0.4, 0.5) is 0 Å². The normalized spacial score (nSPS) is 24.9. The average molecular weight is 152 g/mol. The minimum Gasteiger partial charge on any atom is -0.310 e. The Hall–Kier alpha value is -0.920. The zero-order valence-corrected chi connectivity index (χ0v) is 6.42. The molecule has 0 aromatic heterocycles. The molecule has 1 aliphatic rings. The smallest absolute Gasteiger partial charge is 0.239 e. The van der Waals surface area contributed by atoms with Gasteiger partial charge in [0, 0.05) is 12.2 Å². The highest BCUT2D eigenvalue weighted by Crippen LogP contribution is 2.07. The summed E-state index contributed by atoms with van der Waals surface area (Å²) in [4.78, 5) is 13.0. The van der Waals surface area contributed by atoms with Gasteiger partial charge in [-0.2, -0.15) is 4.99 Å². The number of nitrogens with one attached hydrogen (secondary N) is 1. The Labute approximate surface area is 66.2 Å². The molecule has 0 amide bonds. The van der Waals surface area contributed by atoms with Crippen LogP contribution in [0, 0.1) is 0 Å². The zero-order chi connectivity index (χ0) is 7.94. The number of carbonyl (C=O) groups excluding carboxylic acids is 1. The van der Waals surface area contributed by atoms with E-state index >= 15 is 0 Å². The van der Waals surface area contributed by atoms with Crippen LogP contribution in [-0.2, 0) is 4.79 Å². The van der Waals surface area contributed by atoms with E-state index in [9.17, 15) is 4.79 Å². The van der Waals surface area contributed by atoms with Crippen LogP contribution in [-0.4, -0.2) is 18.7 Å². The summed E-state index contributed by atoms with van der Waals surface area (Å²) in [7, 11) is 0. The first-order valence-corrected chi connectivity index (χ1v) is 3.90. The van der Waals surface area contributed by atoms with Crippen LogP contribution < -0.4 is 5.32 Å². The number of hydrogen-bond acceptors (Lipinski definition) is 3. The molecule has 1 rings (SSSR count). The zero-order valence-electron chi connectivity index (χ0n) is 6.42. The monoisotopic (exact) mass is 152 g/mol. The van der Waals surface area contributed by atoms with Crippen molar-refractivity contribution in [3.05, 3.63) is 12.3 Å². The molecule has 1 atom stereocenters. The summed E-state index contributed by atoms with van der Waals surface area (Å²) in [6, 6.07) is 0.404. The lowest BCUT2D eigenvalue weighted by atomic mass is 10.1. The quantitative estimate of drug-likeness (QED) is 0.473. The van der Waals surface area contributed by atoms with E-state index in [1.54, 1.807) is 0 Å². The van der Waals surface area contributed by atoms with Gasteiger partial charge in [-0.1, -0.05) is 6.42 Å². The van der Waals surface area contributed by atoms with Crippen molar-refractivity contribution in [3.63, 3.8) is 0 Å². The Morgan fingerprint density at radius 2 is 2.45 bits per heavy atom. The molecular weight excluding hydrogens is 140 g/mol. The van der Waals surface area contributed by atoms with E-state index in [0.29, 0.717) is 6.04 Å². The Kier molecular flexibility index (Phi) is 3.59. The second-order valence-corrected chi connectivity index (χ2v) is 2.62. The fourth-order valence-corrected chi connectivity index (χ4v) is 1.22. The molecule has 1 N–H and O–H groups in total. The van der Waals surface area contributed by atoms with Crippen LogP contribution in [0.5, 0.6) is 0 Å². The summed E-state index contributed by atoms with van der Waals surface area (Å²) in [5.41, 5.74) is 0. The molecule has 3 nitrogen and oxygen atoms in total. The van der Waals surface area contributed by atoms with Gasteiger partial charge >= 0.3 is 0 Å². The van der Waals surface area contributed by atoms with Gasteiger partial charge in [0.15, 0.2) is 0 Å². The van der Waals surface area contributed by atoms with E-state index in [4.69, 9.17) is 0 Å². The van der Waals surface area contributed by atoms with E-state index in [-0.39, 0.29) is 0 Å². The third-order valence-electron chi connectivity index (χ3n) is 1.79. The molecule has 0 aromatic carbocycles. The van der Waals surface area contributed by atoms with Crippen molar-refractivity contribution in [1.82, 2.24) is 5.32 Å². The summed E-state index contributed by atoms with van der Waals surface area (Å²) in [6.45, 7) is 1.07. The van der Waals surface area contributed by atoms with Gasteiger partial charge in [-0.25, -0.2) is 4.79 Å². The fraction of sp³-hybridized carbons (Fsp3) is 0.625. The van der Waals surface area contributed by atoms with Crippen LogP contribution in [0.2, 0.25) is 0 Å². The second kappa shape index (κ2) is 4.83. The molecule has 1 aliphatic heterocycles. The molecular formula is C8H12N2O. The van der Waals surface area contributed by atoms with E-state index in [2.05, 4.69) is 10.3 Å². The van der Waals surface area contributed by atoms with Crippen LogP contribution in [0.15, 0.2) is 17.3 Å². The second-order valence-electron chi connectivity index (χ2n) is 2.62. The molecule has 60 valence electrons. The lowest BCUT2D eigenvalue weighted by Gasteiger charge is -2.19. The van der Waals surface area contributed by atoms with E-state index in [1.165, 1.54) is 25.1 Å². The van der Waals surface area contributed by atoms with E-state index < -0.39 is 0 Å². The van der Waals surface area contributed by atoms with Crippen molar-refractivity contribution in [1.29, 1.82) is 0 Å². The van der Waals surface area contributed by atoms with Gasteiger partial charge in [-0.05, 0) is 25.5 Å². The Morgan fingerprint density at radius 3 is 3.09 bits per heavy atom. The van der Waals surface area contributed by atoms with Crippen LogP contribution >= 0.6 is 0 Å². The Morgan fingerprint density at radius 1 is 1.55 bits per heavy atom. The van der Waals surface area contributed by atoms with Crippen molar-refractivity contribution < 1.29 is 4.79 Å². The van der Waals surface area contributed by atoms with Gasteiger partial charge in [0.1, 0.15) is 0 Å². The first-order chi connectivity index (χ1) is 5.43. The fourth-order valence-electron chi connectivity index (χ4n) is 1.22. The molecule has 0 spiro atoms. The summed E-state index contributed by atoms with van der Waals surface area (Å²) in [6.07, 6.45) is 8.54. The van der Waals surface area contributed by atoms with Crippen molar-refractivity contribution in [2.75, 3.05) is 6.54 Å². The highest BCUT2D eigenvalue weighted by molar-refractivity contribution is 5.34. The number of nitrogens with zero attached hydrogens (tertiary/aromatic N) is 1. The third-order valence-corrected chi connectivity index (χ3v) is 1.79. The van der Waals surface area contributed by atoms with Crippen LogP contribution in [0.25, 0.3) is 0 Å². The summed E-state index contributed by atoms with van der Waals surface area (Å²) in [5, 5.41) is 3.30. The van der Waals surface area contributed by atoms with Crippen LogP contribution in [0.3, 0.4) is 0 Å². The van der Waals surface area contributed by atoms with Gasteiger partial charge < -0.3 is 5.32 Å². The highest BCUT2D eigenvalue weighted by atomic mass is 16.1. The van der Waals surface area contributed by atoms with Gasteiger partial charge in [0.25, 0.3) is 0 Å². The average Bonchev–Trinajstić information content (AvgIpc) is 2.07. The molecule has 11 heavy (non-hydrogen) atoms. The van der Waals surface area contributed by atoms with E-state index in [0.717, 1.165) is 13.0 Å². The maximum Gasteiger partial charge on any atom is 0.239 e. The maximum absolute atomic E-state index is 9.68. The van der Waals surface area contributed by atoms with E-state index in [1.807, 2.05) is 6.08 Å². The number of aliphatic imine (C=N–C) groups is 1. The largest absolute Gasteiger partial charge is 0.310 e. The maximum atomic E-state index is 9.68. The molecule has 0 radical (unpaired) electrons. The SMILES string of the molecule is O=C=N/C=C\C1CCCCN1. The number of piperidine rings is 1. The number of rotatable bonds is 2. The Bertz CT molecular complexity index is 177. The predicted molar refractivity (Wildman–Crippen MR) is 42.9 cm³/mol. The van der Waals surface area contributed by atoms with Crippen molar-refractivity contribution >= 4 is 6.08 Å². The molecule has 0 bridgehead atoms. The number of hydrogen-bond donors (Lipinski definition) is 1. The molecule has 0 aliphatic carbocycles. The minimum atomic E-state index is 0.404. The minimum absolute atomic E-state index is 0.404. The van der Waals surface area contributed by atoms with Crippen LogP contribution in [0.1, 0.15) is 19.3 Å². The van der Waals surface area contributed by atoms with Crippen molar-refractivity contribution in [2.24, 2.45) is 4.99 Å². The number of isocyanates is 1. The summed E-state index contributed by atoms with van der Waals surface area (Å²) >= 11 is 0. The molecule has 3 heteroatoms. The lowest BCUT2D eigenvalue weighted by Crippen LogP contribution is -2.31. The molecule has 1 unspecified atom stereocenters. The van der Waals surface area contributed by atoms with Gasteiger partial charge in [0.2, 0.25) is 6.08 Å².